The quantitative estimate of drug-likeness (QED) is 0.846. The molecule has 0 amide bonds. The van der Waals surface area contributed by atoms with E-state index in [-0.39, 0.29) is 6.61 Å². The minimum Gasteiger partial charge on any atom is -0.445 e. The third kappa shape index (κ3) is 3.82. The van der Waals surface area contributed by atoms with Crippen molar-refractivity contribution in [2.75, 3.05) is 6.61 Å². The Bertz CT molecular complexity index is 378. The molecule has 0 bridgehead atoms. The van der Waals surface area contributed by atoms with Crippen LogP contribution in [-0.2, 0) is 6.42 Å². The maximum Gasteiger partial charge on any atom is 0.197 e. The van der Waals surface area contributed by atoms with Crippen molar-refractivity contribution >= 4 is 0 Å². The first-order chi connectivity index (χ1) is 9.24. The van der Waals surface area contributed by atoms with Crippen LogP contribution in [0, 0.1) is 12.8 Å². The van der Waals surface area contributed by atoms with E-state index in [9.17, 15) is 0 Å². The van der Waals surface area contributed by atoms with Crippen LogP contribution in [0.2, 0.25) is 0 Å². The Balaban J connectivity index is 1.88. The van der Waals surface area contributed by atoms with E-state index in [0.29, 0.717) is 12.3 Å². The van der Waals surface area contributed by atoms with Crippen LogP contribution >= 0.6 is 0 Å². The highest BCUT2D eigenvalue weighted by Crippen LogP contribution is 2.37. The molecule has 0 unspecified atom stereocenters. The second-order valence-electron chi connectivity index (χ2n) is 5.89. The molecule has 1 heterocycles. The maximum atomic E-state index is 9.00. The van der Waals surface area contributed by atoms with Gasteiger partial charge in [0, 0.05) is 18.9 Å². The molecule has 0 aliphatic heterocycles. The van der Waals surface area contributed by atoms with E-state index >= 15 is 0 Å². The molecule has 0 aromatic carbocycles. The predicted molar refractivity (Wildman–Crippen MR) is 76.3 cm³/mol. The number of aliphatic hydroxyl groups excluding tert-OH is 1. The maximum absolute atomic E-state index is 9.00. The molecule has 3 heteroatoms. The fourth-order valence-corrected chi connectivity index (χ4v) is 3.15. The van der Waals surface area contributed by atoms with Crippen molar-refractivity contribution in [2.24, 2.45) is 5.92 Å². The molecule has 1 saturated carbocycles. The predicted octanol–water partition coefficient (Wildman–Crippen LogP) is 3.98. The highest BCUT2D eigenvalue weighted by molar-refractivity contribution is 5.11. The van der Waals surface area contributed by atoms with Crippen molar-refractivity contribution in [3.05, 3.63) is 17.3 Å². The van der Waals surface area contributed by atoms with E-state index in [4.69, 9.17) is 9.52 Å². The van der Waals surface area contributed by atoms with Crippen LogP contribution in [0.25, 0.3) is 0 Å². The molecule has 2 rings (SSSR count). The minimum atomic E-state index is 0.149. The van der Waals surface area contributed by atoms with Crippen LogP contribution in [0.1, 0.15) is 75.1 Å². The molecule has 19 heavy (non-hydrogen) atoms. The first kappa shape index (κ1) is 14.6. The standard InChI is InChI=1S/C16H27NO2/c1-3-4-5-13-6-8-14(9-7-13)16-17-15(10-11-18)12(2)19-16/h13-14,18H,3-11H2,1-2H3. The van der Waals surface area contributed by atoms with Gasteiger partial charge in [-0.3, -0.25) is 0 Å². The lowest BCUT2D eigenvalue weighted by Crippen LogP contribution is -2.13. The van der Waals surface area contributed by atoms with E-state index in [0.717, 1.165) is 23.3 Å². The molecule has 3 nitrogen and oxygen atoms in total. The molecular formula is C16H27NO2. The molecular weight excluding hydrogens is 238 g/mol. The molecule has 0 atom stereocenters. The molecule has 108 valence electrons. The summed E-state index contributed by atoms with van der Waals surface area (Å²) in [5.74, 6) is 3.22. The largest absolute Gasteiger partial charge is 0.445 e. The van der Waals surface area contributed by atoms with E-state index in [1.54, 1.807) is 0 Å². The van der Waals surface area contributed by atoms with Gasteiger partial charge >= 0.3 is 0 Å². The topological polar surface area (TPSA) is 46.3 Å². The number of aliphatic hydroxyl groups is 1. The van der Waals surface area contributed by atoms with Gasteiger partial charge in [0.2, 0.25) is 0 Å². The van der Waals surface area contributed by atoms with Gasteiger partial charge in [0.15, 0.2) is 5.89 Å². The summed E-state index contributed by atoms with van der Waals surface area (Å²) in [5, 5.41) is 9.00. The zero-order valence-corrected chi connectivity index (χ0v) is 12.3. The lowest BCUT2D eigenvalue weighted by molar-refractivity contribution is 0.275. The highest BCUT2D eigenvalue weighted by atomic mass is 16.4. The number of aromatic nitrogens is 1. The summed E-state index contributed by atoms with van der Waals surface area (Å²) in [7, 11) is 0. The molecule has 1 aromatic rings. The minimum absolute atomic E-state index is 0.149. The number of hydrogen-bond donors (Lipinski definition) is 1. The Morgan fingerprint density at radius 2 is 2.00 bits per heavy atom. The lowest BCUT2D eigenvalue weighted by Gasteiger charge is -2.26. The monoisotopic (exact) mass is 265 g/mol. The summed E-state index contributed by atoms with van der Waals surface area (Å²) in [6.07, 6.45) is 9.75. The van der Waals surface area contributed by atoms with E-state index in [1.807, 2.05) is 6.92 Å². The van der Waals surface area contributed by atoms with Gasteiger partial charge in [-0.2, -0.15) is 0 Å². The summed E-state index contributed by atoms with van der Waals surface area (Å²) < 4.78 is 5.80. The molecule has 0 saturated heterocycles. The number of aryl methyl sites for hydroxylation is 1. The Labute approximate surface area is 116 Å². The number of nitrogens with zero attached hydrogens (tertiary/aromatic N) is 1. The third-order valence-electron chi connectivity index (χ3n) is 4.42. The van der Waals surface area contributed by atoms with Crippen LogP contribution in [0.4, 0.5) is 0 Å². The molecule has 1 aromatic heterocycles. The Hall–Kier alpha value is -0.830. The van der Waals surface area contributed by atoms with Gasteiger partial charge in [0.25, 0.3) is 0 Å². The Kier molecular flexibility index (Phi) is 5.44. The van der Waals surface area contributed by atoms with Gasteiger partial charge in [0.05, 0.1) is 5.69 Å². The van der Waals surface area contributed by atoms with Crippen LogP contribution in [0.5, 0.6) is 0 Å². The average Bonchev–Trinajstić information content (AvgIpc) is 2.79. The Morgan fingerprint density at radius 1 is 1.26 bits per heavy atom. The van der Waals surface area contributed by atoms with Crippen molar-refractivity contribution < 1.29 is 9.52 Å². The molecule has 1 aliphatic rings. The fraction of sp³-hybridized carbons (Fsp3) is 0.812. The van der Waals surface area contributed by atoms with E-state index in [2.05, 4.69) is 11.9 Å². The molecule has 0 radical (unpaired) electrons. The zero-order chi connectivity index (χ0) is 13.7. The van der Waals surface area contributed by atoms with Crippen LogP contribution in [0.3, 0.4) is 0 Å². The summed E-state index contributed by atoms with van der Waals surface area (Å²) in [6.45, 7) is 4.37. The molecule has 1 aliphatic carbocycles. The average molecular weight is 265 g/mol. The van der Waals surface area contributed by atoms with E-state index < -0.39 is 0 Å². The smallest absolute Gasteiger partial charge is 0.197 e. The van der Waals surface area contributed by atoms with Crippen LogP contribution in [0.15, 0.2) is 4.42 Å². The molecule has 1 fully saturated rings. The second kappa shape index (κ2) is 7.09. The first-order valence-electron chi connectivity index (χ1n) is 7.81. The third-order valence-corrected chi connectivity index (χ3v) is 4.42. The van der Waals surface area contributed by atoms with Crippen molar-refractivity contribution in [3.63, 3.8) is 0 Å². The molecule has 0 spiro atoms. The SMILES string of the molecule is CCCCC1CCC(c2nc(CCO)c(C)o2)CC1. The van der Waals surface area contributed by atoms with Crippen molar-refractivity contribution in [1.82, 2.24) is 4.98 Å². The van der Waals surface area contributed by atoms with Crippen molar-refractivity contribution in [2.45, 2.75) is 71.1 Å². The number of unbranched alkanes of at least 4 members (excludes halogenated alkanes) is 1. The molecule has 1 N–H and O–H groups in total. The highest BCUT2D eigenvalue weighted by Gasteiger charge is 2.26. The number of oxazole rings is 1. The van der Waals surface area contributed by atoms with Crippen LogP contribution in [-0.4, -0.2) is 16.7 Å². The normalized spacial score (nSPS) is 23.7. The van der Waals surface area contributed by atoms with Gasteiger partial charge in [-0.05, 0) is 38.5 Å². The number of hydrogen-bond acceptors (Lipinski definition) is 3. The van der Waals surface area contributed by atoms with E-state index in [1.165, 1.54) is 44.9 Å². The Morgan fingerprint density at radius 3 is 2.63 bits per heavy atom. The fourth-order valence-electron chi connectivity index (χ4n) is 3.15. The van der Waals surface area contributed by atoms with Gasteiger partial charge in [-0.1, -0.05) is 26.2 Å². The first-order valence-corrected chi connectivity index (χ1v) is 7.81. The van der Waals surface area contributed by atoms with Crippen LogP contribution < -0.4 is 0 Å². The zero-order valence-electron chi connectivity index (χ0n) is 12.3. The van der Waals surface area contributed by atoms with Gasteiger partial charge in [-0.25, -0.2) is 4.98 Å². The summed E-state index contributed by atoms with van der Waals surface area (Å²) in [4.78, 5) is 4.58. The van der Waals surface area contributed by atoms with Crippen molar-refractivity contribution in [1.29, 1.82) is 0 Å². The van der Waals surface area contributed by atoms with Gasteiger partial charge in [0.1, 0.15) is 5.76 Å². The van der Waals surface area contributed by atoms with Crippen molar-refractivity contribution in [3.8, 4) is 0 Å². The van der Waals surface area contributed by atoms with Gasteiger partial charge < -0.3 is 9.52 Å². The van der Waals surface area contributed by atoms with Gasteiger partial charge in [-0.15, -0.1) is 0 Å². The summed E-state index contributed by atoms with van der Waals surface area (Å²) in [6, 6.07) is 0. The second-order valence-corrected chi connectivity index (χ2v) is 5.89. The summed E-state index contributed by atoms with van der Waals surface area (Å²) >= 11 is 0. The summed E-state index contributed by atoms with van der Waals surface area (Å²) in [5.41, 5.74) is 0.936. The lowest BCUT2D eigenvalue weighted by atomic mass is 9.80. The number of rotatable bonds is 6.